The second-order valence-electron chi connectivity index (χ2n) is 16.6. The molecule has 1 saturated heterocycles. The lowest BCUT2D eigenvalue weighted by molar-refractivity contribution is -0.0652. The molecule has 1 aliphatic carbocycles. The van der Waals surface area contributed by atoms with Crippen molar-refractivity contribution in [2.24, 2.45) is 11.3 Å². The molecule has 1 unspecified atom stereocenters. The van der Waals surface area contributed by atoms with Crippen molar-refractivity contribution in [1.82, 2.24) is 14.3 Å². The normalized spacial score (nSPS) is 18.3. The molecule has 6 rings (SSSR count). The Morgan fingerprint density at radius 2 is 1.50 bits per heavy atom. The Bertz CT molecular complexity index is 2230. The molecule has 2 aliphatic rings. The summed E-state index contributed by atoms with van der Waals surface area (Å²) in [6, 6.07) is 14.9. The van der Waals surface area contributed by atoms with Crippen molar-refractivity contribution in [3.05, 3.63) is 88.7 Å². The predicted molar refractivity (Wildman–Crippen MR) is 218 cm³/mol. The molecule has 1 fully saturated rings. The number of hydrogen-bond donors (Lipinski definition) is 1. The van der Waals surface area contributed by atoms with Crippen LogP contribution in [0.25, 0.3) is 0 Å². The maximum Gasteiger partial charge on any atom is 0.261 e. The molecule has 0 spiro atoms. The molecular formula is C43H53F2N5O7S. The van der Waals surface area contributed by atoms with Gasteiger partial charge in [0.25, 0.3) is 21.9 Å². The van der Waals surface area contributed by atoms with Crippen LogP contribution in [0.3, 0.4) is 0 Å². The van der Waals surface area contributed by atoms with E-state index in [0.717, 1.165) is 17.7 Å². The molecule has 312 valence electrons. The van der Waals surface area contributed by atoms with Crippen LogP contribution in [0.4, 0.5) is 20.3 Å². The molecule has 2 aromatic heterocycles. The summed E-state index contributed by atoms with van der Waals surface area (Å²) in [6.07, 6.45) is 2.48. The zero-order valence-corrected chi connectivity index (χ0v) is 35.4. The number of pyridine rings is 2. The number of anilines is 2. The zero-order valence-electron chi connectivity index (χ0n) is 34.6. The summed E-state index contributed by atoms with van der Waals surface area (Å²) in [4.78, 5) is 25.5. The van der Waals surface area contributed by atoms with Gasteiger partial charge in [0.15, 0.2) is 5.03 Å². The summed E-state index contributed by atoms with van der Waals surface area (Å²) in [7, 11) is 1.65. The number of carbonyl (C=O) groups excluding carboxylic acids is 1. The van der Waals surface area contributed by atoms with Crippen molar-refractivity contribution in [1.29, 1.82) is 0 Å². The fourth-order valence-corrected chi connectivity index (χ4v) is 9.64. The van der Waals surface area contributed by atoms with E-state index < -0.39 is 27.8 Å². The Kier molecular flexibility index (Phi) is 12.0. The number of halogens is 2. The van der Waals surface area contributed by atoms with E-state index in [4.69, 9.17) is 23.9 Å². The van der Waals surface area contributed by atoms with Crippen molar-refractivity contribution >= 4 is 27.4 Å². The van der Waals surface area contributed by atoms with Gasteiger partial charge < -0.3 is 29.2 Å². The Morgan fingerprint density at radius 3 is 2.05 bits per heavy atom. The summed E-state index contributed by atoms with van der Waals surface area (Å²) < 4.78 is 81.9. The Balaban J connectivity index is 1.37. The molecule has 2 aromatic carbocycles. The number of benzene rings is 2. The second-order valence-corrected chi connectivity index (χ2v) is 18.5. The van der Waals surface area contributed by atoms with Crippen LogP contribution in [0, 0.1) is 11.3 Å². The van der Waals surface area contributed by atoms with E-state index in [0.29, 0.717) is 46.4 Å². The molecule has 0 radical (unpaired) electrons. The first-order chi connectivity index (χ1) is 27.3. The number of alkyl halides is 2. The van der Waals surface area contributed by atoms with Gasteiger partial charge in [0.2, 0.25) is 0 Å². The third-order valence-corrected chi connectivity index (χ3v) is 12.8. The topological polar surface area (TPSA) is 132 Å². The van der Waals surface area contributed by atoms with Crippen molar-refractivity contribution in [3.8, 4) is 23.0 Å². The van der Waals surface area contributed by atoms with E-state index in [1.165, 1.54) is 58.0 Å². The minimum atomic E-state index is -4.38. The van der Waals surface area contributed by atoms with Crippen molar-refractivity contribution in [3.63, 3.8) is 0 Å². The van der Waals surface area contributed by atoms with Crippen molar-refractivity contribution in [2.45, 2.75) is 83.3 Å². The number of rotatable bonds is 13. The maximum absolute atomic E-state index is 14.7. The van der Waals surface area contributed by atoms with Gasteiger partial charge in [-0.25, -0.2) is 27.2 Å². The summed E-state index contributed by atoms with van der Waals surface area (Å²) in [5, 5.41) is 2.57. The number of carbonyl (C=O) groups is 1. The lowest BCUT2D eigenvalue weighted by Gasteiger charge is -2.43. The van der Waals surface area contributed by atoms with E-state index in [9.17, 15) is 22.0 Å². The monoisotopic (exact) mass is 821 g/mol. The molecule has 3 heterocycles. The molecule has 0 bridgehead atoms. The second kappa shape index (κ2) is 16.3. The molecule has 0 saturated carbocycles. The Morgan fingerprint density at radius 1 is 0.897 bits per heavy atom. The van der Waals surface area contributed by atoms with Crippen LogP contribution < -0.4 is 29.2 Å². The Hall–Kier alpha value is -5.02. The zero-order chi connectivity index (χ0) is 42.2. The number of hydrogen-bond acceptors (Lipinski definition) is 10. The largest absolute Gasteiger partial charge is 0.497 e. The Labute approximate surface area is 339 Å². The number of aromatic nitrogens is 2. The number of piperidine rings is 1. The third kappa shape index (κ3) is 8.85. The van der Waals surface area contributed by atoms with Gasteiger partial charge in [0, 0.05) is 85.4 Å². The number of fused-ring (bicyclic) bond motifs is 1. The number of ether oxygens (including phenoxy) is 4. The standard InChI is InChI=1S/C43H53F2N5O7S/c1-27-23-49(17-15-43(27,44)45)39-33(21-34-35(48-39)22-41(2,3)26-42(34,4)5)40(51)47-30-14-16-46-38(18-30)58(52,53)50(24-28-10-12-31(54-6)19-36(28)56-8)25-29-11-13-32(55-7)20-37(29)57-9/h10-14,16,18-21,27H,15,17,22-26H2,1-9H3,(H,46,47,51). The molecule has 15 heteroatoms. The maximum atomic E-state index is 14.7. The molecular weight excluding hydrogens is 769 g/mol. The first-order valence-electron chi connectivity index (χ1n) is 19.2. The van der Waals surface area contributed by atoms with Crippen LogP contribution in [0.2, 0.25) is 0 Å². The number of methoxy groups -OCH3 is 4. The fourth-order valence-electron chi connectivity index (χ4n) is 8.28. The van der Waals surface area contributed by atoms with Crippen molar-refractivity contribution in [2.75, 3.05) is 51.7 Å². The highest BCUT2D eigenvalue weighted by Gasteiger charge is 2.44. The molecule has 1 atom stereocenters. The van der Waals surface area contributed by atoms with Gasteiger partial charge in [0.05, 0.1) is 34.0 Å². The average molecular weight is 822 g/mol. The molecule has 4 aromatic rings. The molecule has 1 aliphatic heterocycles. The summed E-state index contributed by atoms with van der Waals surface area (Å²) in [5.74, 6) is -2.08. The van der Waals surface area contributed by atoms with Crippen LogP contribution in [0.15, 0.2) is 65.8 Å². The molecule has 12 nitrogen and oxygen atoms in total. The van der Waals surface area contributed by atoms with E-state index in [-0.39, 0.29) is 59.7 Å². The van der Waals surface area contributed by atoms with Gasteiger partial charge >= 0.3 is 0 Å². The van der Waals surface area contributed by atoms with Crippen LogP contribution in [0.5, 0.6) is 23.0 Å². The average Bonchev–Trinajstić information content (AvgIpc) is 3.17. The first kappa shape index (κ1) is 42.6. The number of nitrogens with zero attached hydrogens (tertiary/aromatic N) is 4. The summed E-state index contributed by atoms with van der Waals surface area (Å²) >= 11 is 0. The van der Waals surface area contributed by atoms with E-state index >= 15 is 0 Å². The predicted octanol–water partition coefficient (Wildman–Crippen LogP) is 7.89. The van der Waals surface area contributed by atoms with Crippen LogP contribution in [-0.4, -0.2) is 76.0 Å². The van der Waals surface area contributed by atoms with Gasteiger partial charge in [-0.3, -0.25) is 4.79 Å². The quantitative estimate of drug-likeness (QED) is 0.142. The van der Waals surface area contributed by atoms with E-state index in [2.05, 4.69) is 38.0 Å². The highest BCUT2D eigenvalue weighted by Crippen LogP contribution is 2.47. The fraction of sp³-hybridized carbons (Fsp3) is 0.465. The highest BCUT2D eigenvalue weighted by molar-refractivity contribution is 7.89. The van der Waals surface area contributed by atoms with Crippen LogP contribution >= 0.6 is 0 Å². The SMILES string of the molecule is COc1ccc(CN(Cc2ccc(OC)cc2OC)S(=O)(=O)c2cc(NC(=O)c3cc4c(nc3N3CCC(F)(F)C(C)C3)CC(C)(C)CC4(C)C)ccn2)c(OC)c1. The molecule has 1 amide bonds. The lowest BCUT2D eigenvalue weighted by atomic mass is 9.64. The van der Waals surface area contributed by atoms with Crippen molar-refractivity contribution < 1.29 is 40.9 Å². The lowest BCUT2D eigenvalue weighted by Crippen LogP contribution is -2.47. The van der Waals surface area contributed by atoms with Gasteiger partial charge in [0.1, 0.15) is 28.8 Å². The third-order valence-electron chi connectivity index (χ3n) is 11.1. The molecule has 1 N–H and O–H groups in total. The van der Waals surface area contributed by atoms with Gasteiger partial charge in [-0.1, -0.05) is 46.8 Å². The number of amides is 1. The summed E-state index contributed by atoms with van der Waals surface area (Å²) in [5.41, 5.74) is 2.91. The van der Waals surface area contributed by atoms with E-state index in [1.807, 2.05) is 6.07 Å². The van der Waals surface area contributed by atoms with Crippen LogP contribution in [-0.2, 0) is 34.9 Å². The molecule has 58 heavy (non-hydrogen) atoms. The van der Waals surface area contributed by atoms with Gasteiger partial charge in [-0.15, -0.1) is 0 Å². The first-order valence-corrected chi connectivity index (χ1v) is 20.6. The number of nitrogens with one attached hydrogen (secondary N) is 1. The summed E-state index contributed by atoms with van der Waals surface area (Å²) in [6.45, 7) is 9.93. The number of sulfonamides is 1. The van der Waals surface area contributed by atoms with Gasteiger partial charge in [-0.2, -0.15) is 4.31 Å². The minimum Gasteiger partial charge on any atom is -0.497 e. The highest BCUT2D eigenvalue weighted by atomic mass is 32.2. The van der Waals surface area contributed by atoms with Gasteiger partial charge in [-0.05, 0) is 53.5 Å². The van der Waals surface area contributed by atoms with Crippen LogP contribution in [0.1, 0.15) is 80.2 Å². The minimum absolute atomic E-state index is 0.0251. The van der Waals surface area contributed by atoms with E-state index in [1.54, 1.807) is 41.3 Å². The smallest absolute Gasteiger partial charge is 0.261 e.